The third-order valence-electron chi connectivity index (χ3n) is 3.63. The lowest BCUT2D eigenvalue weighted by Gasteiger charge is -2.22. The summed E-state index contributed by atoms with van der Waals surface area (Å²) < 4.78 is 0. The lowest BCUT2D eigenvalue weighted by molar-refractivity contribution is 0.440. The van der Waals surface area contributed by atoms with E-state index in [2.05, 4.69) is 20.8 Å². The average Bonchev–Trinajstić information content (AvgIpc) is 2.36. The van der Waals surface area contributed by atoms with Crippen LogP contribution in [-0.4, -0.2) is 10.2 Å². The van der Waals surface area contributed by atoms with Gasteiger partial charge in [0.25, 0.3) is 0 Å². The molecule has 2 heteroatoms. The van der Waals surface area contributed by atoms with Gasteiger partial charge in [0.2, 0.25) is 0 Å². The van der Waals surface area contributed by atoms with Crippen LogP contribution in [0.15, 0.2) is 36.4 Å². The van der Waals surface area contributed by atoms with Gasteiger partial charge in [-0.3, -0.25) is 0 Å². The molecule has 2 nitrogen and oxygen atoms in total. The van der Waals surface area contributed by atoms with Gasteiger partial charge in [-0.25, -0.2) is 0 Å². The number of hydrogen-bond acceptors (Lipinski definition) is 2. The van der Waals surface area contributed by atoms with E-state index in [1.807, 2.05) is 43.3 Å². The normalized spacial score (nSPS) is 11.6. The van der Waals surface area contributed by atoms with E-state index in [4.69, 9.17) is 0 Å². The molecule has 0 fully saturated rings. The van der Waals surface area contributed by atoms with E-state index in [0.29, 0.717) is 17.9 Å². The van der Waals surface area contributed by atoms with E-state index >= 15 is 0 Å². The highest BCUT2D eigenvalue weighted by atomic mass is 16.3. The van der Waals surface area contributed by atoms with Crippen molar-refractivity contribution in [3.8, 4) is 11.5 Å². The van der Waals surface area contributed by atoms with Gasteiger partial charge in [-0.1, -0.05) is 57.2 Å². The van der Waals surface area contributed by atoms with Gasteiger partial charge in [0.15, 0.2) is 0 Å². The molecule has 2 aromatic carbocycles. The zero-order chi connectivity index (χ0) is 14.9. The number of benzene rings is 2. The van der Waals surface area contributed by atoms with E-state index in [1.54, 1.807) is 0 Å². The van der Waals surface area contributed by atoms with Crippen molar-refractivity contribution in [3.05, 3.63) is 58.7 Å². The van der Waals surface area contributed by atoms with Crippen molar-refractivity contribution >= 4 is 0 Å². The van der Waals surface area contributed by atoms with Crippen molar-refractivity contribution in [3.63, 3.8) is 0 Å². The summed E-state index contributed by atoms with van der Waals surface area (Å²) in [7, 11) is 0. The summed E-state index contributed by atoms with van der Waals surface area (Å²) in [4.78, 5) is 0. The van der Waals surface area contributed by atoms with Gasteiger partial charge >= 0.3 is 0 Å². The predicted octanol–water partition coefficient (Wildman–Crippen LogP) is 4.29. The zero-order valence-corrected chi connectivity index (χ0v) is 12.6. The van der Waals surface area contributed by atoms with Gasteiger partial charge in [0, 0.05) is 6.42 Å². The maximum atomic E-state index is 10.5. The molecule has 0 unspecified atom stereocenters. The summed E-state index contributed by atoms with van der Waals surface area (Å²) in [6.07, 6.45) is 0.531. The van der Waals surface area contributed by atoms with Gasteiger partial charge < -0.3 is 10.2 Å². The second-order valence-electron chi connectivity index (χ2n) is 6.32. The summed E-state index contributed by atoms with van der Waals surface area (Å²) in [6.45, 7) is 8.12. The third-order valence-corrected chi connectivity index (χ3v) is 3.63. The highest BCUT2D eigenvalue weighted by Gasteiger charge is 2.20. The van der Waals surface area contributed by atoms with E-state index in [1.165, 1.54) is 0 Å². The molecule has 2 aromatic rings. The minimum atomic E-state index is -0.102. The SMILES string of the molecule is Cc1cccc(Cc2cccc(C(C)(C)C)c2O)c1O. The summed E-state index contributed by atoms with van der Waals surface area (Å²) in [5.41, 5.74) is 3.37. The van der Waals surface area contributed by atoms with Crippen LogP contribution >= 0.6 is 0 Å². The van der Waals surface area contributed by atoms with Crippen LogP contribution in [-0.2, 0) is 11.8 Å². The Kier molecular flexibility index (Phi) is 3.76. The highest BCUT2D eigenvalue weighted by Crippen LogP contribution is 2.35. The summed E-state index contributed by atoms with van der Waals surface area (Å²) >= 11 is 0. The molecule has 0 aliphatic rings. The fourth-order valence-corrected chi connectivity index (χ4v) is 2.41. The monoisotopic (exact) mass is 270 g/mol. The van der Waals surface area contributed by atoms with E-state index < -0.39 is 0 Å². The largest absolute Gasteiger partial charge is 0.507 e. The van der Waals surface area contributed by atoms with Gasteiger partial charge in [-0.15, -0.1) is 0 Å². The first-order valence-corrected chi connectivity index (χ1v) is 6.89. The predicted molar refractivity (Wildman–Crippen MR) is 82.5 cm³/mol. The number of phenolic OH excluding ortho intramolecular Hbond substituents is 2. The molecule has 0 spiro atoms. The zero-order valence-electron chi connectivity index (χ0n) is 12.6. The second-order valence-corrected chi connectivity index (χ2v) is 6.32. The summed E-state index contributed by atoms with van der Waals surface area (Å²) in [5, 5.41) is 20.6. The fraction of sp³-hybridized carbons (Fsp3) is 0.333. The molecule has 2 rings (SSSR count). The van der Waals surface area contributed by atoms with Crippen molar-refractivity contribution in [2.75, 3.05) is 0 Å². The second kappa shape index (κ2) is 5.20. The van der Waals surface area contributed by atoms with Crippen molar-refractivity contribution in [2.45, 2.75) is 39.5 Å². The Labute approximate surface area is 120 Å². The van der Waals surface area contributed by atoms with Crippen LogP contribution in [0.5, 0.6) is 11.5 Å². The maximum absolute atomic E-state index is 10.5. The first-order chi connectivity index (χ1) is 9.30. The quantitative estimate of drug-likeness (QED) is 0.854. The first kappa shape index (κ1) is 14.4. The molecule has 0 aromatic heterocycles. The number of phenols is 2. The van der Waals surface area contributed by atoms with E-state index in [-0.39, 0.29) is 5.41 Å². The number of rotatable bonds is 2. The Balaban J connectivity index is 2.42. The number of para-hydroxylation sites is 2. The minimum Gasteiger partial charge on any atom is -0.507 e. The average molecular weight is 270 g/mol. The Morgan fingerprint density at radius 1 is 0.850 bits per heavy atom. The molecule has 20 heavy (non-hydrogen) atoms. The Bertz CT molecular complexity index is 622. The van der Waals surface area contributed by atoms with Crippen LogP contribution in [0.2, 0.25) is 0 Å². The van der Waals surface area contributed by atoms with Crippen LogP contribution in [0.4, 0.5) is 0 Å². The topological polar surface area (TPSA) is 40.5 Å². The molecule has 0 radical (unpaired) electrons. The molecule has 106 valence electrons. The van der Waals surface area contributed by atoms with E-state index in [9.17, 15) is 10.2 Å². The fourth-order valence-electron chi connectivity index (χ4n) is 2.41. The van der Waals surface area contributed by atoms with Gasteiger partial charge in [0.05, 0.1) is 0 Å². The van der Waals surface area contributed by atoms with Gasteiger partial charge in [-0.05, 0) is 34.6 Å². The minimum absolute atomic E-state index is 0.102. The van der Waals surface area contributed by atoms with E-state index in [0.717, 1.165) is 22.3 Å². The van der Waals surface area contributed by atoms with Crippen molar-refractivity contribution in [1.82, 2.24) is 0 Å². The molecule has 0 amide bonds. The number of hydrogen-bond donors (Lipinski definition) is 2. The summed E-state index contributed by atoms with van der Waals surface area (Å²) in [6, 6.07) is 11.5. The molecule has 0 aliphatic carbocycles. The molecule has 0 atom stereocenters. The van der Waals surface area contributed by atoms with Gasteiger partial charge in [0.1, 0.15) is 11.5 Å². The molecule has 0 aliphatic heterocycles. The number of aryl methyl sites for hydroxylation is 1. The van der Waals surface area contributed by atoms with Crippen LogP contribution in [0.1, 0.15) is 43.0 Å². The smallest absolute Gasteiger partial charge is 0.122 e. The van der Waals surface area contributed by atoms with Crippen molar-refractivity contribution < 1.29 is 10.2 Å². The molecule has 0 saturated heterocycles. The maximum Gasteiger partial charge on any atom is 0.122 e. The summed E-state index contributed by atoms with van der Waals surface area (Å²) in [5.74, 6) is 0.647. The molecule has 0 bridgehead atoms. The molecule has 0 heterocycles. The highest BCUT2D eigenvalue weighted by molar-refractivity contribution is 5.49. The Hall–Kier alpha value is -1.96. The Morgan fingerprint density at radius 2 is 1.40 bits per heavy atom. The molecule has 2 N–H and O–H groups in total. The van der Waals surface area contributed by atoms with Crippen LogP contribution in [0.25, 0.3) is 0 Å². The van der Waals surface area contributed by atoms with Crippen LogP contribution in [0, 0.1) is 6.92 Å². The standard InChI is InChI=1S/C18H22O2/c1-12-7-5-8-13(16(12)19)11-14-9-6-10-15(17(14)20)18(2,3)4/h5-10,19-20H,11H2,1-4H3. The number of aromatic hydroxyl groups is 2. The molecular weight excluding hydrogens is 248 g/mol. The van der Waals surface area contributed by atoms with Gasteiger partial charge in [-0.2, -0.15) is 0 Å². The molecule has 0 saturated carbocycles. The lowest BCUT2D eigenvalue weighted by atomic mass is 9.84. The molecular formula is C18H22O2. The first-order valence-electron chi connectivity index (χ1n) is 6.89. The van der Waals surface area contributed by atoms with Crippen LogP contribution in [0.3, 0.4) is 0 Å². The van der Waals surface area contributed by atoms with Crippen molar-refractivity contribution in [1.29, 1.82) is 0 Å². The van der Waals surface area contributed by atoms with Crippen LogP contribution < -0.4 is 0 Å². The third kappa shape index (κ3) is 2.79. The van der Waals surface area contributed by atoms with Crippen molar-refractivity contribution in [2.24, 2.45) is 0 Å². The lowest BCUT2D eigenvalue weighted by Crippen LogP contribution is -2.12. The Morgan fingerprint density at radius 3 is 2.00 bits per heavy atom.